The predicted octanol–water partition coefficient (Wildman–Crippen LogP) is 3.14. The second-order valence-corrected chi connectivity index (χ2v) is 9.48. The standard InChI is InChI=1S/C24H31F3N4O4/c1-2-30-7-5-15(6-8-30)12-31-13-16-3-4-18-19(21(16)29-31)20(24(25,26)27)22(35-18)23(32)28-11-17-14-33-9-10-34-17/h13,15,17H,2-12,14H2,1H3,(H,28,32)/t17-/m1/s1. The highest BCUT2D eigenvalue weighted by atomic mass is 19.4. The monoisotopic (exact) mass is 496 g/mol. The highest BCUT2D eigenvalue weighted by Crippen LogP contribution is 2.46. The van der Waals surface area contributed by atoms with Crippen molar-refractivity contribution in [3.8, 4) is 11.3 Å². The number of carbonyl (C=O) groups excluding carboxylic acids is 1. The lowest BCUT2D eigenvalue weighted by atomic mass is 9.93. The smallest absolute Gasteiger partial charge is 0.420 e. The number of aryl methyl sites for hydroxylation is 2. The van der Waals surface area contributed by atoms with E-state index in [9.17, 15) is 18.0 Å². The summed E-state index contributed by atoms with van der Waals surface area (Å²) in [5, 5.41) is 7.08. The van der Waals surface area contributed by atoms with Crippen molar-refractivity contribution in [1.29, 1.82) is 0 Å². The Morgan fingerprint density at radius 2 is 2.03 bits per heavy atom. The number of amides is 1. The highest BCUT2D eigenvalue weighted by molar-refractivity contribution is 5.96. The third kappa shape index (κ3) is 5.12. The SMILES string of the molecule is CCN1CCC(Cn2cc3c(n2)-c2c(oc(C(=O)NC[C@@H]4COCCO4)c2C(F)(F)F)CC3)CC1. The number of halogens is 3. The van der Waals surface area contributed by atoms with Gasteiger partial charge in [-0.05, 0) is 50.4 Å². The van der Waals surface area contributed by atoms with E-state index in [-0.39, 0.29) is 30.2 Å². The van der Waals surface area contributed by atoms with E-state index in [2.05, 4.69) is 22.2 Å². The third-order valence-corrected chi connectivity index (χ3v) is 7.14. The molecule has 0 spiro atoms. The van der Waals surface area contributed by atoms with Crippen LogP contribution in [0.15, 0.2) is 10.6 Å². The van der Waals surface area contributed by atoms with Crippen LogP contribution >= 0.6 is 0 Å². The summed E-state index contributed by atoms with van der Waals surface area (Å²) < 4.78 is 60.8. The minimum absolute atomic E-state index is 0.0399. The van der Waals surface area contributed by atoms with Crippen molar-refractivity contribution in [3.63, 3.8) is 0 Å². The van der Waals surface area contributed by atoms with Crippen LogP contribution in [-0.2, 0) is 35.0 Å². The quantitative estimate of drug-likeness (QED) is 0.662. The molecule has 2 aromatic rings. The van der Waals surface area contributed by atoms with E-state index in [1.807, 2.05) is 6.20 Å². The molecule has 1 atom stereocenters. The van der Waals surface area contributed by atoms with Gasteiger partial charge >= 0.3 is 6.18 Å². The Balaban J connectivity index is 1.38. The third-order valence-electron chi connectivity index (χ3n) is 7.14. The van der Waals surface area contributed by atoms with Crippen molar-refractivity contribution < 1.29 is 31.9 Å². The van der Waals surface area contributed by atoms with Gasteiger partial charge in [-0.3, -0.25) is 9.48 Å². The Labute approximate surface area is 201 Å². The van der Waals surface area contributed by atoms with E-state index in [1.165, 1.54) is 0 Å². The van der Waals surface area contributed by atoms with Crippen LogP contribution < -0.4 is 5.32 Å². The molecule has 1 amide bonds. The Bertz CT molecular complexity index is 1050. The largest absolute Gasteiger partial charge is 0.455 e. The van der Waals surface area contributed by atoms with Gasteiger partial charge in [-0.2, -0.15) is 18.3 Å². The maximum absolute atomic E-state index is 14.2. The van der Waals surface area contributed by atoms with Crippen LogP contribution in [0.25, 0.3) is 11.3 Å². The first kappa shape index (κ1) is 24.3. The Kier molecular flexibility index (Phi) is 6.91. The number of alkyl halides is 3. The summed E-state index contributed by atoms with van der Waals surface area (Å²) in [6, 6.07) is 0. The first-order valence-corrected chi connectivity index (χ1v) is 12.3. The van der Waals surface area contributed by atoms with Crippen molar-refractivity contribution in [2.24, 2.45) is 5.92 Å². The van der Waals surface area contributed by atoms with Crippen molar-refractivity contribution >= 4 is 5.91 Å². The van der Waals surface area contributed by atoms with Gasteiger partial charge in [0.15, 0.2) is 0 Å². The zero-order valence-electron chi connectivity index (χ0n) is 19.8. The molecule has 8 nitrogen and oxygen atoms in total. The second kappa shape index (κ2) is 9.94. The average molecular weight is 497 g/mol. The number of likely N-dealkylation sites (tertiary alicyclic amines) is 1. The zero-order chi connectivity index (χ0) is 24.6. The molecule has 2 aromatic heterocycles. The number of nitrogens with zero attached hydrogens (tertiary/aromatic N) is 3. The minimum atomic E-state index is -4.76. The fourth-order valence-electron chi connectivity index (χ4n) is 5.22. The van der Waals surface area contributed by atoms with Crippen LogP contribution in [0.1, 0.15) is 47.2 Å². The second-order valence-electron chi connectivity index (χ2n) is 9.48. The number of nitrogens with one attached hydrogen (secondary N) is 1. The van der Waals surface area contributed by atoms with Gasteiger partial charge in [0.2, 0.25) is 5.76 Å². The van der Waals surface area contributed by atoms with Gasteiger partial charge in [-0.25, -0.2) is 0 Å². The number of fused-ring (bicyclic) bond motifs is 3. The number of carbonyl (C=O) groups is 1. The van der Waals surface area contributed by atoms with Crippen LogP contribution in [0.2, 0.25) is 0 Å². The Morgan fingerprint density at radius 1 is 1.23 bits per heavy atom. The average Bonchev–Trinajstić information content (AvgIpc) is 3.44. The van der Waals surface area contributed by atoms with Crippen molar-refractivity contribution in [3.05, 3.63) is 28.8 Å². The first-order chi connectivity index (χ1) is 16.8. The topological polar surface area (TPSA) is 81.8 Å². The summed E-state index contributed by atoms with van der Waals surface area (Å²) in [7, 11) is 0. The highest BCUT2D eigenvalue weighted by Gasteiger charge is 2.45. The van der Waals surface area contributed by atoms with Crippen LogP contribution in [0.4, 0.5) is 13.2 Å². The molecule has 5 rings (SSSR count). The van der Waals surface area contributed by atoms with E-state index in [0.29, 0.717) is 38.5 Å². The van der Waals surface area contributed by atoms with Gasteiger partial charge in [-0.1, -0.05) is 6.92 Å². The molecule has 1 aliphatic carbocycles. The molecule has 1 N–H and O–H groups in total. The molecule has 11 heteroatoms. The van der Waals surface area contributed by atoms with Crippen molar-refractivity contribution in [1.82, 2.24) is 20.0 Å². The van der Waals surface area contributed by atoms with Crippen LogP contribution in [0.5, 0.6) is 0 Å². The lowest BCUT2D eigenvalue weighted by molar-refractivity contribution is -0.137. The first-order valence-electron chi connectivity index (χ1n) is 12.3. The molecule has 0 unspecified atom stereocenters. The molecule has 0 saturated carbocycles. The van der Waals surface area contributed by atoms with Crippen LogP contribution in [-0.4, -0.2) is 72.7 Å². The molecule has 3 aliphatic rings. The van der Waals surface area contributed by atoms with Gasteiger partial charge < -0.3 is 24.1 Å². The summed E-state index contributed by atoms with van der Waals surface area (Å²) in [5.41, 5.74) is -0.111. The number of hydrogen-bond donors (Lipinski definition) is 1. The maximum atomic E-state index is 14.2. The number of furan rings is 1. The minimum Gasteiger partial charge on any atom is -0.455 e. The van der Waals surface area contributed by atoms with Gasteiger partial charge in [-0.15, -0.1) is 0 Å². The van der Waals surface area contributed by atoms with Gasteiger partial charge in [0.25, 0.3) is 5.91 Å². The number of aromatic nitrogens is 2. The molecule has 192 valence electrons. The molecular weight excluding hydrogens is 465 g/mol. The maximum Gasteiger partial charge on any atom is 0.420 e. The fraction of sp³-hybridized carbons (Fsp3) is 0.667. The van der Waals surface area contributed by atoms with E-state index >= 15 is 0 Å². The lowest BCUT2D eigenvalue weighted by Crippen LogP contribution is -2.40. The summed E-state index contributed by atoms with van der Waals surface area (Å²) in [5.74, 6) is -1.02. The van der Waals surface area contributed by atoms with Crippen LogP contribution in [0.3, 0.4) is 0 Å². The summed E-state index contributed by atoms with van der Waals surface area (Å²) >= 11 is 0. The molecular formula is C24H31F3N4O4. The Morgan fingerprint density at radius 3 is 2.71 bits per heavy atom. The number of piperidine rings is 1. The summed E-state index contributed by atoms with van der Waals surface area (Å²) in [6.45, 7) is 7.07. The fourth-order valence-corrected chi connectivity index (χ4v) is 5.22. The Hall–Kier alpha value is -2.37. The molecule has 0 bridgehead atoms. The van der Waals surface area contributed by atoms with E-state index in [4.69, 9.17) is 13.9 Å². The number of hydrogen-bond acceptors (Lipinski definition) is 6. The molecule has 4 heterocycles. The van der Waals surface area contributed by atoms with E-state index in [1.54, 1.807) is 4.68 Å². The molecule has 2 fully saturated rings. The molecule has 0 aromatic carbocycles. The molecule has 2 saturated heterocycles. The molecule has 35 heavy (non-hydrogen) atoms. The number of rotatable bonds is 6. The summed E-state index contributed by atoms with van der Waals surface area (Å²) in [4.78, 5) is 15.2. The van der Waals surface area contributed by atoms with Crippen LogP contribution in [0, 0.1) is 5.92 Å². The van der Waals surface area contributed by atoms with E-state index < -0.39 is 29.5 Å². The van der Waals surface area contributed by atoms with E-state index in [0.717, 1.165) is 38.0 Å². The molecule has 0 radical (unpaired) electrons. The van der Waals surface area contributed by atoms with Gasteiger partial charge in [0.1, 0.15) is 11.3 Å². The zero-order valence-corrected chi connectivity index (χ0v) is 19.8. The van der Waals surface area contributed by atoms with Gasteiger partial charge in [0, 0.05) is 25.7 Å². The molecule has 2 aliphatic heterocycles. The van der Waals surface area contributed by atoms with Crippen molar-refractivity contribution in [2.75, 3.05) is 46.0 Å². The normalized spacial score (nSPS) is 21.5. The van der Waals surface area contributed by atoms with Crippen molar-refractivity contribution in [2.45, 2.75) is 51.4 Å². The van der Waals surface area contributed by atoms with Gasteiger partial charge in [0.05, 0.1) is 37.2 Å². The lowest BCUT2D eigenvalue weighted by Gasteiger charge is -2.30. The number of ether oxygens (including phenoxy) is 2. The summed E-state index contributed by atoms with van der Waals surface area (Å²) in [6.07, 6.45) is -0.406. The predicted molar refractivity (Wildman–Crippen MR) is 120 cm³/mol.